The SMILES string of the molecule is Cc1cc(C)nc(SCCNC(C)CCC(C)C)n1. The molecule has 0 amide bonds. The molecule has 1 aromatic heterocycles. The number of hydrogen-bond acceptors (Lipinski definition) is 4. The second kappa shape index (κ2) is 8.54. The third-order valence-electron chi connectivity index (χ3n) is 2.96. The summed E-state index contributed by atoms with van der Waals surface area (Å²) in [5.74, 6) is 1.82. The highest BCUT2D eigenvalue weighted by Crippen LogP contribution is 2.13. The highest BCUT2D eigenvalue weighted by atomic mass is 32.2. The Hall–Kier alpha value is -0.610. The lowest BCUT2D eigenvalue weighted by atomic mass is 10.0. The van der Waals surface area contributed by atoms with Gasteiger partial charge in [0.15, 0.2) is 5.16 Å². The molecule has 1 aromatic rings. The van der Waals surface area contributed by atoms with E-state index >= 15 is 0 Å². The van der Waals surface area contributed by atoms with Gasteiger partial charge in [0.2, 0.25) is 0 Å². The summed E-state index contributed by atoms with van der Waals surface area (Å²) >= 11 is 1.73. The normalized spacial score (nSPS) is 12.9. The summed E-state index contributed by atoms with van der Waals surface area (Å²) in [6.45, 7) is 11.9. The average Bonchev–Trinajstić information content (AvgIpc) is 2.31. The molecule has 0 bridgehead atoms. The van der Waals surface area contributed by atoms with E-state index in [0.29, 0.717) is 6.04 Å². The summed E-state index contributed by atoms with van der Waals surface area (Å²) in [4.78, 5) is 8.87. The smallest absolute Gasteiger partial charge is 0.188 e. The molecule has 0 spiro atoms. The molecular formula is C15H27N3S. The van der Waals surface area contributed by atoms with Gasteiger partial charge in [-0.3, -0.25) is 0 Å². The van der Waals surface area contributed by atoms with E-state index in [2.05, 4.69) is 36.1 Å². The fourth-order valence-electron chi connectivity index (χ4n) is 1.89. The minimum absolute atomic E-state index is 0.600. The largest absolute Gasteiger partial charge is 0.313 e. The molecule has 0 fully saturated rings. The van der Waals surface area contributed by atoms with Crippen LogP contribution < -0.4 is 5.32 Å². The van der Waals surface area contributed by atoms with E-state index in [1.165, 1.54) is 12.8 Å². The Balaban J connectivity index is 2.19. The molecule has 1 N–H and O–H groups in total. The number of aromatic nitrogens is 2. The maximum absolute atomic E-state index is 4.43. The van der Waals surface area contributed by atoms with Crippen LogP contribution in [0.25, 0.3) is 0 Å². The molecule has 0 aromatic carbocycles. The molecule has 0 radical (unpaired) electrons. The van der Waals surface area contributed by atoms with E-state index in [1.54, 1.807) is 11.8 Å². The number of nitrogens with one attached hydrogen (secondary N) is 1. The van der Waals surface area contributed by atoms with Crippen molar-refractivity contribution in [1.82, 2.24) is 15.3 Å². The molecule has 1 rings (SSSR count). The van der Waals surface area contributed by atoms with Crippen LogP contribution in [-0.2, 0) is 0 Å². The van der Waals surface area contributed by atoms with Crippen LogP contribution in [-0.4, -0.2) is 28.3 Å². The predicted octanol–water partition coefficient (Wildman–Crippen LogP) is 3.60. The summed E-state index contributed by atoms with van der Waals surface area (Å²) in [7, 11) is 0. The van der Waals surface area contributed by atoms with E-state index in [9.17, 15) is 0 Å². The van der Waals surface area contributed by atoms with Crippen LogP contribution in [0.5, 0.6) is 0 Å². The van der Waals surface area contributed by atoms with Crippen LogP contribution in [0, 0.1) is 19.8 Å². The molecule has 4 heteroatoms. The fourth-order valence-corrected chi connectivity index (χ4v) is 2.71. The Morgan fingerprint density at radius 1 is 1.11 bits per heavy atom. The Labute approximate surface area is 122 Å². The molecule has 3 nitrogen and oxygen atoms in total. The highest BCUT2D eigenvalue weighted by Gasteiger charge is 2.04. The third kappa shape index (κ3) is 7.53. The molecule has 108 valence electrons. The van der Waals surface area contributed by atoms with Gasteiger partial charge in [-0.1, -0.05) is 25.6 Å². The molecule has 0 saturated heterocycles. The summed E-state index contributed by atoms with van der Waals surface area (Å²) in [6.07, 6.45) is 2.55. The van der Waals surface area contributed by atoms with E-state index in [1.807, 2.05) is 19.9 Å². The standard InChI is InChI=1S/C15H27N3S/c1-11(2)6-7-12(3)16-8-9-19-15-17-13(4)10-14(5)18-15/h10-12,16H,6-9H2,1-5H3. The number of thioether (sulfide) groups is 1. The summed E-state index contributed by atoms with van der Waals surface area (Å²) in [5, 5.41) is 4.46. The molecule has 1 heterocycles. The van der Waals surface area contributed by atoms with Crippen LogP contribution in [0.1, 0.15) is 45.0 Å². The minimum Gasteiger partial charge on any atom is -0.313 e. The van der Waals surface area contributed by atoms with Crippen molar-refractivity contribution in [3.05, 3.63) is 17.5 Å². The zero-order chi connectivity index (χ0) is 14.3. The Kier molecular flexibility index (Phi) is 7.39. The Morgan fingerprint density at radius 3 is 2.32 bits per heavy atom. The van der Waals surface area contributed by atoms with Crippen molar-refractivity contribution in [1.29, 1.82) is 0 Å². The van der Waals surface area contributed by atoms with Crippen molar-refractivity contribution < 1.29 is 0 Å². The summed E-state index contributed by atoms with van der Waals surface area (Å²) < 4.78 is 0. The van der Waals surface area contributed by atoms with Crippen LogP contribution in [0.3, 0.4) is 0 Å². The zero-order valence-electron chi connectivity index (χ0n) is 12.9. The van der Waals surface area contributed by atoms with E-state index in [0.717, 1.165) is 34.8 Å². The summed E-state index contributed by atoms with van der Waals surface area (Å²) in [6, 6.07) is 2.61. The average molecular weight is 281 g/mol. The minimum atomic E-state index is 0.600. The van der Waals surface area contributed by atoms with Crippen LogP contribution in [0.15, 0.2) is 11.2 Å². The van der Waals surface area contributed by atoms with Gasteiger partial charge < -0.3 is 5.32 Å². The quantitative estimate of drug-likeness (QED) is 0.449. The molecule has 1 atom stereocenters. The van der Waals surface area contributed by atoms with Gasteiger partial charge in [0, 0.05) is 29.7 Å². The van der Waals surface area contributed by atoms with Gasteiger partial charge in [-0.05, 0) is 45.6 Å². The lowest BCUT2D eigenvalue weighted by Crippen LogP contribution is -2.28. The van der Waals surface area contributed by atoms with Crippen molar-refractivity contribution >= 4 is 11.8 Å². The van der Waals surface area contributed by atoms with Crippen LogP contribution in [0.4, 0.5) is 0 Å². The first kappa shape index (κ1) is 16.4. The van der Waals surface area contributed by atoms with E-state index in [4.69, 9.17) is 0 Å². The molecule has 0 aliphatic rings. The number of hydrogen-bond donors (Lipinski definition) is 1. The first-order valence-electron chi connectivity index (χ1n) is 7.16. The fraction of sp³-hybridized carbons (Fsp3) is 0.733. The van der Waals surface area contributed by atoms with Crippen molar-refractivity contribution in [2.24, 2.45) is 5.92 Å². The van der Waals surface area contributed by atoms with Crippen molar-refractivity contribution in [2.45, 2.75) is 58.7 Å². The highest BCUT2D eigenvalue weighted by molar-refractivity contribution is 7.99. The van der Waals surface area contributed by atoms with Crippen LogP contribution >= 0.6 is 11.8 Å². The van der Waals surface area contributed by atoms with Gasteiger partial charge in [-0.2, -0.15) is 0 Å². The van der Waals surface area contributed by atoms with Gasteiger partial charge >= 0.3 is 0 Å². The van der Waals surface area contributed by atoms with Crippen LogP contribution in [0.2, 0.25) is 0 Å². The van der Waals surface area contributed by atoms with Crippen molar-refractivity contribution in [3.63, 3.8) is 0 Å². The van der Waals surface area contributed by atoms with Gasteiger partial charge in [-0.15, -0.1) is 0 Å². The lowest BCUT2D eigenvalue weighted by Gasteiger charge is -2.14. The third-order valence-corrected chi connectivity index (χ3v) is 3.81. The second-order valence-electron chi connectivity index (χ2n) is 5.61. The van der Waals surface area contributed by atoms with Gasteiger partial charge in [0.1, 0.15) is 0 Å². The van der Waals surface area contributed by atoms with Crippen molar-refractivity contribution in [2.75, 3.05) is 12.3 Å². The predicted molar refractivity (Wildman–Crippen MR) is 83.8 cm³/mol. The zero-order valence-corrected chi connectivity index (χ0v) is 13.7. The summed E-state index contributed by atoms with van der Waals surface area (Å²) in [5.41, 5.74) is 2.10. The Morgan fingerprint density at radius 2 is 1.74 bits per heavy atom. The maximum atomic E-state index is 4.43. The topological polar surface area (TPSA) is 37.8 Å². The molecule has 0 aliphatic carbocycles. The first-order valence-corrected chi connectivity index (χ1v) is 8.14. The van der Waals surface area contributed by atoms with Gasteiger partial charge in [0.25, 0.3) is 0 Å². The lowest BCUT2D eigenvalue weighted by molar-refractivity contribution is 0.460. The number of aryl methyl sites for hydroxylation is 2. The van der Waals surface area contributed by atoms with E-state index in [-0.39, 0.29) is 0 Å². The molecule has 0 aliphatic heterocycles. The van der Waals surface area contributed by atoms with Gasteiger partial charge in [-0.25, -0.2) is 9.97 Å². The van der Waals surface area contributed by atoms with Crippen molar-refractivity contribution in [3.8, 4) is 0 Å². The Bertz CT molecular complexity index is 359. The second-order valence-corrected chi connectivity index (χ2v) is 6.67. The maximum Gasteiger partial charge on any atom is 0.188 e. The van der Waals surface area contributed by atoms with E-state index < -0.39 is 0 Å². The molecular weight excluding hydrogens is 254 g/mol. The monoisotopic (exact) mass is 281 g/mol. The number of rotatable bonds is 8. The van der Waals surface area contributed by atoms with Gasteiger partial charge in [0.05, 0.1) is 0 Å². The number of nitrogens with zero attached hydrogens (tertiary/aromatic N) is 2. The molecule has 1 unspecified atom stereocenters. The molecule has 19 heavy (non-hydrogen) atoms. The molecule has 0 saturated carbocycles. The first-order chi connectivity index (χ1) is 8.97.